The summed E-state index contributed by atoms with van der Waals surface area (Å²) >= 11 is -1.94. The molecule has 0 bridgehead atoms. The van der Waals surface area contributed by atoms with Gasteiger partial charge in [0.1, 0.15) is 5.75 Å². The second-order valence-corrected chi connectivity index (χ2v) is 3.92. The third-order valence-electron chi connectivity index (χ3n) is 1.23. The first-order valence-electron chi connectivity index (χ1n) is 2.83. The van der Waals surface area contributed by atoms with Crippen LogP contribution in [0, 0.1) is 0 Å². The molecule has 0 heterocycles. The Morgan fingerprint density at radius 1 is 1.27 bits per heavy atom. The van der Waals surface area contributed by atoms with Gasteiger partial charge in [0.25, 0.3) is 5.97 Å². The van der Waals surface area contributed by atoms with Crippen LogP contribution in [0.4, 0.5) is 0 Å². The largest absolute Gasteiger partial charge is 0.381 e. The zero-order valence-electron chi connectivity index (χ0n) is 6.70. The van der Waals surface area contributed by atoms with Crippen LogP contribution in [0.25, 0.3) is 0 Å². The lowest BCUT2D eigenvalue weighted by atomic mass is 10.7. The predicted molar refractivity (Wildman–Crippen MR) is 51.4 cm³/mol. The van der Waals surface area contributed by atoms with E-state index in [0.717, 1.165) is 0 Å². The minimum Gasteiger partial charge on any atom is -0.381 e. The number of rotatable bonds is 5. The van der Waals surface area contributed by atoms with E-state index in [-0.39, 0.29) is 5.75 Å². The third kappa shape index (κ3) is 3.71. The first-order valence-corrected chi connectivity index (χ1v) is 6.55. The molecule has 1 N–H and O–H groups in total. The summed E-state index contributed by atoms with van der Waals surface area (Å²) in [7, 11) is 1.26. The van der Waals surface area contributed by atoms with Gasteiger partial charge in [-0.2, -0.15) is 0 Å². The van der Waals surface area contributed by atoms with Crippen molar-refractivity contribution in [3.8, 4) is 0 Å². The number of hydrogen-bond donors (Lipinski definition) is 1. The molecule has 0 aromatic carbocycles. The molecule has 0 aliphatic rings. The van der Waals surface area contributed by atoms with Crippen LogP contribution < -0.4 is 0 Å². The Morgan fingerprint density at radius 3 is 1.73 bits per heavy atom. The van der Waals surface area contributed by atoms with Crippen LogP contribution in [0.3, 0.4) is 0 Å². The minimum atomic E-state index is -1.94. The molecule has 0 aromatic heterocycles. The lowest BCUT2D eigenvalue weighted by molar-refractivity contribution is -0.230. The van der Waals surface area contributed by atoms with Gasteiger partial charge < -0.3 is 17.8 Å². The van der Waals surface area contributed by atoms with E-state index < -0.39 is 17.1 Å². The maximum Gasteiger partial charge on any atom is 0.266 e. The molecule has 0 aromatic rings. The molecule has 1 atom stereocenters. The van der Waals surface area contributed by atoms with Crippen molar-refractivity contribution in [1.29, 1.82) is 0 Å². The van der Waals surface area contributed by atoms with Gasteiger partial charge in [0.15, 0.2) is 42.5 Å². The van der Waals surface area contributed by atoms with Crippen molar-refractivity contribution < 1.29 is 22.0 Å². The molecule has 11 heavy (non-hydrogen) atoms. The summed E-state index contributed by atoms with van der Waals surface area (Å²) in [5.74, 6) is -1.35. The van der Waals surface area contributed by atoms with E-state index in [4.69, 9.17) is 17.8 Å². The normalized spacial score (nSPS) is 20.1. The Kier molecular flexibility index (Phi) is 5.62. The highest BCUT2D eigenvalue weighted by atomic mass is 32.2. The zero-order chi connectivity index (χ0) is 8.91. The van der Waals surface area contributed by atoms with Crippen molar-refractivity contribution in [2.75, 3.05) is 5.75 Å². The maximum absolute atomic E-state index is 10.4. The molecule has 0 saturated carbocycles. The van der Waals surface area contributed by atoms with Gasteiger partial charge in [-0.15, -0.1) is 0 Å². The van der Waals surface area contributed by atoms with Crippen molar-refractivity contribution in [3.05, 3.63) is 0 Å². The summed E-state index contributed by atoms with van der Waals surface area (Å²) in [5.41, 5.74) is 0. The molecular weight excluding hydrogens is 220 g/mol. The summed E-state index contributed by atoms with van der Waals surface area (Å²) in [6, 6.07) is 0. The van der Waals surface area contributed by atoms with Crippen molar-refractivity contribution in [2.45, 2.75) is 5.97 Å². The van der Waals surface area contributed by atoms with Crippen molar-refractivity contribution in [3.63, 3.8) is 0 Å². The first kappa shape index (κ1) is 11.6. The van der Waals surface area contributed by atoms with Gasteiger partial charge in [-0.05, 0) is 0 Å². The van der Waals surface area contributed by atoms with E-state index in [2.05, 4.69) is 0 Å². The van der Waals surface area contributed by atoms with E-state index in [1.807, 2.05) is 0 Å². The smallest absolute Gasteiger partial charge is 0.266 e. The number of hydrogen-bond acceptors (Lipinski definition) is 4. The van der Waals surface area contributed by atoms with Gasteiger partial charge in [0.2, 0.25) is 0 Å². The highest BCUT2D eigenvalue weighted by Gasteiger charge is 2.29. The van der Waals surface area contributed by atoms with E-state index in [1.165, 1.54) is 0 Å². The topological polar surface area (TPSA) is 65.0 Å². The SMILES string of the molecule is O=S(O)CC(O[SiH3])(O[SiH3])O[SiH3]. The Morgan fingerprint density at radius 2 is 1.64 bits per heavy atom. The Balaban J connectivity index is 4.16. The van der Waals surface area contributed by atoms with Gasteiger partial charge in [0, 0.05) is 0 Å². The maximum atomic E-state index is 10.4. The molecule has 68 valence electrons. The summed E-state index contributed by atoms with van der Waals surface area (Å²) in [6.45, 7) is 0. The molecule has 0 aliphatic carbocycles. The second kappa shape index (κ2) is 5.32. The van der Waals surface area contributed by atoms with E-state index in [9.17, 15) is 4.21 Å². The third-order valence-corrected chi connectivity index (χ3v) is 3.70. The summed E-state index contributed by atoms with van der Waals surface area (Å²) in [6.07, 6.45) is 0. The van der Waals surface area contributed by atoms with Crippen LogP contribution in [0.2, 0.25) is 0 Å². The quantitative estimate of drug-likeness (QED) is 0.296. The molecule has 0 aliphatic heterocycles. The molecule has 9 heteroatoms. The molecule has 0 saturated heterocycles. The molecule has 0 spiro atoms. The fraction of sp³-hybridized carbons (Fsp3) is 1.00. The highest BCUT2D eigenvalue weighted by molar-refractivity contribution is 7.79. The standard InChI is InChI=1S/C2H12O5SSi3/c3-8(4)1-2(5-9,6-10)7-11/h1H2,9-11H3,(H,3,4). The van der Waals surface area contributed by atoms with E-state index in [1.54, 1.807) is 0 Å². The van der Waals surface area contributed by atoms with Gasteiger partial charge in [0.05, 0.1) is 0 Å². The second-order valence-electron chi connectivity index (χ2n) is 1.76. The van der Waals surface area contributed by atoms with E-state index in [0.29, 0.717) is 31.5 Å². The van der Waals surface area contributed by atoms with Crippen LogP contribution in [-0.4, -0.2) is 51.9 Å². The summed E-state index contributed by atoms with van der Waals surface area (Å²) in [5, 5.41) is 0. The molecule has 0 radical (unpaired) electrons. The molecule has 1 unspecified atom stereocenters. The predicted octanol–water partition coefficient (Wildman–Crippen LogP) is -4.25. The van der Waals surface area contributed by atoms with E-state index >= 15 is 0 Å². The van der Waals surface area contributed by atoms with Crippen LogP contribution in [0.1, 0.15) is 0 Å². The van der Waals surface area contributed by atoms with Gasteiger partial charge >= 0.3 is 0 Å². The lowest BCUT2D eigenvalue weighted by Gasteiger charge is -2.29. The Labute approximate surface area is 76.7 Å². The van der Waals surface area contributed by atoms with Gasteiger partial charge in [-0.3, -0.25) is 0 Å². The monoisotopic (exact) mass is 232 g/mol. The molecule has 5 nitrogen and oxygen atoms in total. The Bertz CT molecular complexity index is 129. The minimum absolute atomic E-state index is 0.135. The molecule has 0 amide bonds. The van der Waals surface area contributed by atoms with Crippen molar-refractivity contribution in [1.82, 2.24) is 0 Å². The first-order chi connectivity index (χ1) is 5.10. The van der Waals surface area contributed by atoms with Crippen molar-refractivity contribution in [2.24, 2.45) is 0 Å². The van der Waals surface area contributed by atoms with Crippen LogP contribution in [0.15, 0.2) is 0 Å². The van der Waals surface area contributed by atoms with Crippen molar-refractivity contribution >= 4 is 42.5 Å². The average Bonchev–Trinajstić information content (AvgIpc) is 2.00. The fourth-order valence-electron chi connectivity index (χ4n) is 0.578. The average molecular weight is 232 g/mol. The Hall–Kier alpha value is 0.641. The molecule has 0 fully saturated rings. The summed E-state index contributed by atoms with van der Waals surface area (Å²) < 4.78 is 33.8. The zero-order valence-corrected chi connectivity index (χ0v) is 13.5. The van der Waals surface area contributed by atoms with Gasteiger partial charge in [-0.25, -0.2) is 4.21 Å². The molecular formula is C2H12O5SSi3. The fourth-order valence-corrected chi connectivity index (χ4v) is 4.29. The lowest BCUT2D eigenvalue weighted by Crippen LogP contribution is -2.42. The van der Waals surface area contributed by atoms with Crippen LogP contribution in [-0.2, 0) is 24.4 Å². The van der Waals surface area contributed by atoms with Crippen LogP contribution in [0.5, 0.6) is 0 Å². The van der Waals surface area contributed by atoms with Gasteiger partial charge in [-0.1, -0.05) is 0 Å². The van der Waals surface area contributed by atoms with Crippen LogP contribution >= 0.6 is 0 Å². The highest BCUT2D eigenvalue weighted by Crippen LogP contribution is 2.11. The molecule has 0 rings (SSSR count). The summed E-state index contributed by atoms with van der Waals surface area (Å²) in [4.78, 5) is 0.